The normalized spacial score (nSPS) is 20.5. The van der Waals surface area contributed by atoms with Crippen molar-refractivity contribution >= 4 is 40.3 Å². The molecule has 0 aromatic heterocycles. The van der Waals surface area contributed by atoms with Gasteiger partial charge in [-0.3, -0.25) is 4.79 Å². The number of anilines is 1. The van der Waals surface area contributed by atoms with E-state index in [4.69, 9.17) is 4.74 Å². The van der Waals surface area contributed by atoms with Gasteiger partial charge in [-0.05, 0) is 87.6 Å². The summed E-state index contributed by atoms with van der Waals surface area (Å²) in [5, 5.41) is 3.58. The fraction of sp³-hybridized carbons (Fsp3) is 0.462. The van der Waals surface area contributed by atoms with Crippen LogP contribution in [0.25, 0.3) is 0 Å². The number of urea groups is 1. The van der Waals surface area contributed by atoms with E-state index in [2.05, 4.69) is 11.4 Å². The van der Waals surface area contributed by atoms with Crippen LogP contribution < -0.4 is 15.0 Å². The highest BCUT2D eigenvalue weighted by Gasteiger charge is 2.53. The second-order valence-electron chi connectivity index (χ2n) is 8.79. The van der Waals surface area contributed by atoms with Crippen LogP contribution in [-0.2, 0) is 9.59 Å². The van der Waals surface area contributed by atoms with Crippen LogP contribution in [0.2, 0.25) is 0 Å². The van der Waals surface area contributed by atoms with Gasteiger partial charge in [0.15, 0.2) is 17.5 Å². The zero-order valence-corrected chi connectivity index (χ0v) is 20.9. The maximum Gasteiger partial charge on any atom is 0.507 e. The van der Waals surface area contributed by atoms with Crippen molar-refractivity contribution in [1.82, 2.24) is 5.32 Å². The molecule has 0 fully saturated rings. The van der Waals surface area contributed by atoms with E-state index in [1.807, 2.05) is 20.8 Å². The Morgan fingerprint density at radius 3 is 2.65 bits per heavy atom. The minimum Gasteiger partial charge on any atom is -0.494 e. The van der Waals surface area contributed by atoms with E-state index >= 15 is 0 Å². The maximum atomic E-state index is 13.5. The SMILES string of the molecule is CCOc1ccc(N2C(=O)C3C(C)=C(C)SC3=[N+](CC(=O)NCCC3=CCCCC3)C2=O)cc1. The molecule has 3 aliphatic rings. The smallest absolute Gasteiger partial charge is 0.494 e. The minimum atomic E-state index is -0.547. The molecule has 2 heterocycles. The molecule has 34 heavy (non-hydrogen) atoms. The number of benzene rings is 1. The standard InChI is InChI=1S/C26H31N3O4S/c1-4-33-21-12-10-20(11-13-21)29-24(31)23-17(2)18(3)34-25(23)28(26(29)32)16-22(30)27-15-14-19-8-6-5-7-9-19/h8,10-13,23H,4-7,9,14-16H2,1-3H3/p+1. The predicted molar refractivity (Wildman–Crippen MR) is 134 cm³/mol. The van der Waals surface area contributed by atoms with E-state index in [0.29, 0.717) is 29.6 Å². The number of hydrogen-bond acceptors (Lipinski definition) is 5. The van der Waals surface area contributed by atoms with Gasteiger partial charge in [-0.25, -0.2) is 4.79 Å². The third-order valence-electron chi connectivity index (χ3n) is 6.51. The number of fused-ring (bicyclic) bond motifs is 1. The molecule has 4 amide bonds. The van der Waals surface area contributed by atoms with Gasteiger partial charge in [0, 0.05) is 6.54 Å². The van der Waals surface area contributed by atoms with Gasteiger partial charge in [0.25, 0.3) is 5.91 Å². The van der Waals surface area contributed by atoms with Crippen molar-refractivity contribution in [2.24, 2.45) is 5.92 Å². The lowest BCUT2D eigenvalue weighted by Gasteiger charge is -2.25. The average Bonchev–Trinajstić information content (AvgIpc) is 3.13. The van der Waals surface area contributed by atoms with Crippen molar-refractivity contribution in [3.8, 4) is 5.75 Å². The fourth-order valence-electron chi connectivity index (χ4n) is 4.56. The molecule has 0 radical (unpaired) electrons. The summed E-state index contributed by atoms with van der Waals surface area (Å²) in [4.78, 5) is 41.9. The number of ether oxygens (including phenoxy) is 1. The average molecular weight is 483 g/mol. The van der Waals surface area contributed by atoms with E-state index in [1.54, 1.807) is 24.3 Å². The summed E-state index contributed by atoms with van der Waals surface area (Å²) in [5.74, 6) is -0.385. The molecule has 1 unspecified atom stereocenters. The molecular formula is C26H32N3O4S+. The van der Waals surface area contributed by atoms with Gasteiger partial charge in [0.1, 0.15) is 11.4 Å². The van der Waals surface area contributed by atoms with Gasteiger partial charge in [-0.2, -0.15) is 9.37 Å². The van der Waals surface area contributed by atoms with Gasteiger partial charge in [0.05, 0.1) is 6.61 Å². The number of amides is 4. The lowest BCUT2D eigenvalue weighted by atomic mass is 9.97. The third-order valence-corrected chi connectivity index (χ3v) is 7.80. The molecule has 1 aromatic carbocycles. The summed E-state index contributed by atoms with van der Waals surface area (Å²) in [7, 11) is 0. The Morgan fingerprint density at radius 2 is 1.97 bits per heavy atom. The maximum absolute atomic E-state index is 13.5. The molecule has 1 atom stereocenters. The van der Waals surface area contributed by atoms with E-state index in [0.717, 1.165) is 29.7 Å². The second-order valence-corrected chi connectivity index (χ2v) is 10.0. The number of hydrogen-bond donors (Lipinski definition) is 1. The molecule has 0 spiro atoms. The van der Waals surface area contributed by atoms with E-state index in [1.165, 1.54) is 39.7 Å². The van der Waals surface area contributed by atoms with Gasteiger partial charge in [-0.1, -0.05) is 23.4 Å². The summed E-state index contributed by atoms with van der Waals surface area (Å²) in [6.07, 6.45) is 7.77. The highest BCUT2D eigenvalue weighted by Crippen LogP contribution is 2.41. The first-order valence-corrected chi connectivity index (χ1v) is 12.8. The van der Waals surface area contributed by atoms with Crippen molar-refractivity contribution in [2.75, 3.05) is 24.6 Å². The van der Waals surface area contributed by atoms with Crippen LogP contribution >= 0.6 is 11.8 Å². The number of carbonyl (C=O) groups is 3. The number of imide groups is 1. The van der Waals surface area contributed by atoms with Crippen molar-refractivity contribution < 1.29 is 23.7 Å². The van der Waals surface area contributed by atoms with Gasteiger partial charge in [-0.15, -0.1) is 4.90 Å². The van der Waals surface area contributed by atoms with Crippen LogP contribution in [0, 0.1) is 5.92 Å². The Balaban J connectivity index is 1.54. The molecule has 7 nitrogen and oxygen atoms in total. The molecule has 180 valence electrons. The zero-order chi connectivity index (χ0) is 24.2. The van der Waals surface area contributed by atoms with Crippen LogP contribution in [-0.4, -0.2) is 47.2 Å². The van der Waals surface area contributed by atoms with Gasteiger partial charge >= 0.3 is 11.9 Å². The summed E-state index contributed by atoms with van der Waals surface area (Å²) < 4.78 is 6.95. The van der Waals surface area contributed by atoms with E-state index in [9.17, 15) is 14.4 Å². The van der Waals surface area contributed by atoms with Crippen LogP contribution in [0.1, 0.15) is 52.9 Å². The molecule has 1 N–H and O–H groups in total. The largest absolute Gasteiger partial charge is 0.507 e. The monoisotopic (exact) mass is 482 g/mol. The predicted octanol–water partition coefficient (Wildman–Crippen LogP) is 4.63. The summed E-state index contributed by atoms with van der Waals surface area (Å²) in [6, 6.07) is 6.40. The lowest BCUT2D eigenvalue weighted by molar-refractivity contribution is -0.414. The number of rotatable bonds is 8. The lowest BCUT2D eigenvalue weighted by Crippen LogP contribution is -2.55. The number of allylic oxidation sites excluding steroid dienone is 2. The Kier molecular flexibility index (Phi) is 7.56. The highest BCUT2D eigenvalue weighted by atomic mass is 32.2. The molecule has 1 aromatic rings. The summed E-state index contributed by atoms with van der Waals surface area (Å²) in [6.45, 7) is 6.73. The third kappa shape index (κ3) is 4.97. The van der Waals surface area contributed by atoms with Crippen molar-refractivity contribution in [3.05, 3.63) is 46.4 Å². The Hall–Kier alpha value is -2.87. The fourth-order valence-corrected chi connectivity index (χ4v) is 5.80. The van der Waals surface area contributed by atoms with Crippen molar-refractivity contribution in [1.29, 1.82) is 0 Å². The highest BCUT2D eigenvalue weighted by molar-refractivity contribution is 8.17. The van der Waals surface area contributed by atoms with Crippen LogP contribution in [0.15, 0.2) is 46.4 Å². The van der Waals surface area contributed by atoms with E-state index < -0.39 is 11.9 Å². The minimum absolute atomic E-state index is 0.113. The van der Waals surface area contributed by atoms with Gasteiger partial charge < -0.3 is 10.1 Å². The molecule has 8 heteroatoms. The molecule has 2 aliphatic heterocycles. The molecule has 0 saturated heterocycles. The topological polar surface area (TPSA) is 78.7 Å². The Bertz CT molecular complexity index is 1090. The number of nitrogens with one attached hydrogen (secondary N) is 1. The van der Waals surface area contributed by atoms with Crippen molar-refractivity contribution in [3.63, 3.8) is 0 Å². The molecule has 4 rings (SSSR count). The summed E-state index contributed by atoms with van der Waals surface area (Å²) >= 11 is 1.41. The first-order valence-electron chi connectivity index (χ1n) is 12.0. The quantitative estimate of drug-likeness (QED) is 0.432. The number of thioether (sulfide) groups is 1. The first kappa shape index (κ1) is 24.3. The van der Waals surface area contributed by atoms with E-state index in [-0.39, 0.29) is 18.4 Å². The summed E-state index contributed by atoms with van der Waals surface area (Å²) in [5.41, 5.74) is 2.78. The number of nitrogens with zero attached hydrogens (tertiary/aromatic N) is 2. The molecule has 0 saturated carbocycles. The molecule has 0 bridgehead atoms. The van der Waals surface area contributed by atoms with Crippen LogP contribution in [0.4, 0.5) is 10.5 Å². The Labute approximate surface area is 204 Å². The second kappa shape index (κ2) is 10.6. The Morgan fingerprint density at radius 1 is 1.21 bits per heavy atom. The molecule has 1 aliphatic carbocycles. The van der Waals surface area contributed by atoms with Crippen LogP contribution in [0.3, 0.4) is 0 Å². The van der Waals surface area contributed by atoms with Crippen molar-refractivity contribution in [2.45, 2.75) is 52.9 Å². The first-order chi connectivity index (χ1) is 16.4. The molecular weight excluding hydrogens is 450 g/mol. The zero-order valence-electron chi connectivity index (χ0n) is 20.1. The van der Waals surface area contributed by atoms with Crippen LogP contribution in [0.5, 0.6) is 5.75 Å². The number of carbonyl (C=O) groups excluding carboxylic acids is 3. The van der Waals surface area contributed by atoms with Gasteiger partial charge in [0.2, 0.25) is 0 Å².